The second kappa shape index (κ2) is 7.17. The van der Waals surface area contributed by atoms with Crippen LogP contribution < -0.4 is 10.0 Å². The minimum Gasteiger partial charge on any atom is -0.340 e. The first-order chi connectivity index (χ1) is 10.4. The lowest BCUT2D eigenvalue weighted by atomic mass is 10.1. The highest BCUT2D eigenvalue weighted by Crippen LogP contribution is 2.15. The maximum atomic E-state index is 13.2. The number of rotatable bonds is 5. The van der Waals surface area contributed by atoms with Gasteiger partial charge in [0.2, 0.25) is 15.9 Å². The summed E-state index contributed by atoms with van der Waals surface area (Å²) in [6.07, 6.45) is 1.38. The van der Waals surface area contributed by atoms with Crippen LogP contribution in [0, 0.1) is 5.82 Å². The van der Waals surface area contributed by atoms with E-state index in [-0.39, 0.29) is 23.4 Å². The van der Waals surface area contributed by atoms with E-state index in [4.69, 9.17) is 0 Å². The molecule has 122 valence electrons. The highest BCUT2D eigenvalue weighted by atomic mass is 32.2. The molecule has 1 unspecified atom stereocenters. The fraction of sp³-hybridized carbons (Fsp3) is 0.500. The lowest BCUT2D eigenvalue weighted by Gasteiger charge is -2.33. The van der Waals surface area contributed by atoms with E-state index in [1.165, 1.54) is 18.2 Å². The molecule has 1 atom stereocenters. The first-order valence-electron chi connectivity index (χ1n) is 7.12. The SMILES string of the molecule is CNCC(=O)N1CCCC(NS(=O)(=O)c2cccc(F)c2)C1. The van der Waals surface area contributed by atoms with Crippen molar-refractivity contribution in [1.82, 2.24) is 14.9 Å². The highest BCUT2D eigenvalue weighted by Gasteiger charge is 2.27. The maximum absolute atomic E-state index is 13.2. The van der Waals surface area contributed by atoms with E-state index in [0.717, 1.165) is 12.5 Å². The Morgan fingerprint density at radius 1 is 1.45 bits per heavy atom. The molecule has 22 heavy (non-hydrogen) atoms. The van der Waals surface area contributed by atoms with Gasteiger partial charge in [0.25, 0.3) is 0 Å². The molecule has 1 saturated heterocycles. The highest BCUT2D eigenvalue weighted by molar-refractivity contribution is 7.89. The van der Waals surface area contributed by atoms with Gasteiger partial charge in [-0.15, -0.1) is 0 Å². The standard InChI is InChI=1S/C14H20FN3O3S/c1-16-9-14(19)18-7-3-5-12(10-18)17-22(20,21)13-6-2-4-11(15)8-13/h2,4,6,8,12,16-17H,3,5,7,9-10H2,1H3. The molecule has 6 nitrogen and oxygen atoms in total. The van der Waals surface area contributed by atoms with Crippen LogP contribution in [0.1, 0.15) is 12.8 Å². The summed E-state index contributed by atoms with van der Waals surface area (Å²) in [7, 11) is -2.10. The zero-order chi connectivity index (χ0) is 16.2. The Bertz CT molecular complexity index is 636. The number of carbonyl (C=O) groups excluding carboxylic acids is 1. The smallest absolute Gasteiger partial charge is 0.240 e. The molecule has 1 amide bonds. The van der Waals surface area contributed by atoms with E-state index in [1.807, 2.05) is 0 Å². The Balaban J connectivity index is 2.04. The van der Waals surface area contributed by atoms with Gasteiger partial charge in [0.15, 0.2) is 0 Å². The molecule has 0 saturated carbocycles. The van der Waals surface area contributed by atoms with Gasteiger partial charge in [-0.05, 0) is 38.1 Å². The summed E-state index contributed by atoms with van der Waals surface area (Å²) < 4.78 is 40.3. The van der Waals surface area contributed by atoms with Crippen molar-refractivity contribution in [1.29, 1.82) is 0 Å². The number of sulfonamides is 1. The molecule has 1 aliphatic heterocycles. The third kappa shape index (κ3) is 4.25. The minimum atomic E-state index is -3.79. The Morgan fingerprint density at radius 2 is 2.23 bits per heavy atom. The van der Waals surface area contributed by atoms with Crippen molar-refractivity contribution in [2.75, 3.05) is 26.7 Å². The van der Waals surface area contributed by atoms with Crippen LogP contribution in [0.5, 0.6) is 0 Å². The fourth-order valence-electron chi connectivity index (χ4n) is 2.48. The number of carbonyl (C=O) groups is 1. The average Bonchev–Trinajstić information content (AvgIpc) is 2.47. The summed E-state index contributed by atoms with van der Waals surface area (Å²) in [5, 5.41) is 2.79. The molecule has 0 aliphatic carbocycles. The average molecular weight is 329 g/mol. The summed E-state index contributed by atoms with van der Waals surface area (Å²) in [4.78, 5) is 13.4. The molecule has 1 aromatic rings. The largest absolute Gasteiger partial charge is 0.340 e. The molecule has 1 fully saturated rings. The number of amides is 1. The van der Waals surface area contributed by atoms with Crippen LogP contribution in [-0.4, -0.2) is 51.9 Å². The summed E-state index contributed by atoms with van der Waals surface area (Å²) in [6.45, 7) is 1.18. The summed E-state index contributed by atoms with van der Waals surface area (Å²) in [6, 6.07) is 4.52. The van der Waals surface area contributed by atoms with E-state index < -0.39 is 15.8 Å². The molecule has 0 bridgehead atoms. The van der Waals surface area contributed by atoms with Gasteiger partial charge in [0.1, 0.15) is 5.82 Å². The first kappa shape index (κ1) is 16.9. The Labute approximate surface area is 129 Å². The molecule has 0 spiro atoms. The molecular formula is C14H20FN3O3S. The number of halogens is 1. The van der Waals surface area contributed by atoms with E-state index in [0.29, 0.717) is 19.5 Å². The van der Waals surface area contributed by atoms with Gasteiger partial charge in [0.05, 0.1) is 11.4 Å². The number of likely N-dealkylation sites (N-methyl/N-ethyl adjacent to an activating group) is 1. The monoisotopic (exact) mass is 329 g/mol. The fourth-order valence-corrected chi connectivity index (χ4v) is 3.78. The van der Waals surface area contributed by atoms with Crippen LogP contribution in [0.3, 0.4) is 0 Å². The van der Waals surface area contributed by atoms with Gasteiger partial charge in [-0.1, -0.05) is 6.07 Å². The van der Waals surface area contributed by atoms with Crippen LogP contribution in [0.15, 0.2) is 29.2 Å². The van der Waals surface area contributed by atoms with Crippen LogP contribution in [0.4, 0.5) is 4.39 Å². The number of likely N-dealkylation sites (tertiary alicyclic amines) is 1. The van der Waals surface area contributed by atoms with Gasteiger partial charge in [-0.3, -0.25) is 4.79 Å². The van der Waals surface area contributed by atoms with Crippen LogP contribution in [0.25, 0.3) is 0 Å². The number of hydrogen-bond acceptors (Lipinski definition) is 4. The van der Waals surface area contributed by atoms with Crippen LogP contribution in [0.2, 0.25) is 0 Å². The second-order valence-corrected chi connectivity index (χ2v) is 7.00. The second-order valence-electron chi connectivity index (χ2n) is 5.29. The number of hydrogen-bond donors (Lipinski definition) is 2. The number of benzene rings is 1. The molecular weight excluding hydrogens is 309 g/mol. The third-order valence-corrected chi connectivity index (χ3v) is 5.05. The van der Waals surface area contributed by atoms with Crippen molar-refractivity contribution in [3.8, 4) is 0 Å². The lowest BCUT2D eigenvalue weighted by molar-refractivity contribution is -0.131. The van der Waals surface area contributed by atoms with E-state index in [2.05, 4.69) is 10.0 Å². The van der Waals surface area contributed by atoms with E-state index >= 15 is 0 Å². The third-order valence-electron chi connectivity index (χ3n) is 3.53. The molecule has 2 N–H and O–H groups in total. The van der Waals surface area contributed by atoms with E-state index in [9.17, 15) is 17.6 Å². The van der Waals surface area contributed by atoms with Gasteiger partial charge in [-0.25, -0.2) is 17.5 Å². The van der Waals surface area contributed by atoms with Crippen molar-refractivity contribution < 1.29 is 17.6 Å². The van der Waals surface area contributed by atoms with Crippen molar-refractivity contribution in [2.24, 2.45) is 0 Å². The van der Waals surface area contributed by atoms with Gasteiger partial charge < -0.3 is 10.2 Å². The zero-order valence-electron chi connectivity index (χ0n) is 12.4. The van der Waals surface area contributed by atoms with E-state index in [1.54, 1.807) is 11.9 Å². The molecule has 0 aromatic heterocycles. The predicted octanol–water partition coefficient (Wildman–Crippen LogP) is 0.314. The Kier molecular flexibility index (Phi) is 5.49. The first-order valence-corrected chi connectivity index (χ1v) is 8.61. The summed E-state index contributed by atoms with van der Waals surface area (Å²) in [5.41, 5.74) is 0. The molecule has 8 heteroatoms. The van der Waals surface area contributed by atoms with Crippen molar-refractivity contribution in [3.05, 3.63) is 30.1 Å². The van der Waals surface area contributed by atoms with Crippen molar-refractivity contribution in [2.45, 2.75) is 23.8 Å². The quantitative estimate of drug-likeness (QED) is 0.815. The number of nitrogens with zero attached hydrogens (tertiary/aromatic N) is 1. The Hall–Kier alpha value is -1.51. The molecule has 1 aliphatic rings. The molecule has 2 rings (SSSR count). The van der Waals surface area contributed by atoms with Crippen molar-refractivity contribution in [3.63, 3.8) is 0 Å². The molecule has 0 radical (unpaired) electrons. The van der Waals surface area contributed by atoms with Gasteiger partial charge in [0, 0.05) is 19.1 Å². The maximum Gasteiger partial charge on any atom is 0.240 e. The minimum absolute atomic E-state index is 0.0582. The van der Waals surface area contributed by atoms with Gasteiger partial charge in [-0.2, -0.15) is 0 Å². The summed E-state index contributed by atoms with van der Waals surface area (Å²) >= 11 is 0. The van der Waals surface area contributed by atoms with Gasteiger partial charge >= 0.3 is 0 Å². The van der Waals surface area contributed by atoms with Crippen LogP contribution in [-0.2, 0) is 14.8 Å². The number of nitrogens with one attached hydrogen (secondary N) is 2. The normalized spacial score (nSPS) is 19.2. The Morgan fingerprint density at radius 3 is 2.91 bits per heavy atom. The number of piperidine rings is 1. The molecule has 1 heterocycles. The zero-order valence-corrected chi connectivity index (χ0v) is 13.2. The predicted molar refractivity (Wildman–Crippen MR) is 80.3 cm³/mol. The lowest BCUT2D eigenvalue weighted by Crippen LogP contribution is -2.51. The van der Waals surface area contributed by atoms with Crippen LogP contribution >= 0.6 is 0 Å². The van der Waals surface area contributed by atoms with Crippen molar-refractivity contribution >= 4 is 15.9 Å². The topological polar surface area (TPSA) is 78.5 Å². The molecule has 1 aromatic carbocycles. The summed E-state index contributed by atoms with van der Waals surface area (Å²) in [5.74, 6) is -0.658.